The number of rotatable bonds is 6. The zero-order chi connectivity index (χ0) is 15.5. The van der Waals surface area contributed by atoms with Crippen molar-refractivity contribution in [3.8, 4) is 0 Å². The van der Waals surface area contributed by atoms with Gasteiger partial charge in [-0.2, -0.15) is 0 Å². The fourth-order valence-corrected chi connectivity index (χ4v) is 2.47. The summed E-state index contributed by atoms with van der Waals surface area (Å²) in [6.07, 6.45) is 0. The van der Waals surface area contributed by atoms with Crippen molar-refractivity contribution in [1.82, 2.24) is 21.1 Å². The van der Waals surface area contributed by atoms with E-state index in [-0.39, 0.29) is 17.4 Å². The monoisotopic (exact) mass is 294 g/mol. The molecule has 1 aliphatic rings. The van der Waals surface area contributed by atoms with Crippen LogP contribution in [0.2, 0.25) is 0 Å². The van der Waals surface area contributed by atoms with Crippen LogP contribution < -0.4 is 16.2 Å². The Morgan fingerprint density at radius 2 is 1.95 bits per heavy atom. The summed E-state index contributed by atoms with van der Waals surface area (Å²) < 4.78 is 13.0. The van der Waals surface area contributed by atoms with Crippen LogP contribution in [0.15, 0.2) is 24.3 Å². The molecule has 3 N–H and O–H groups in total. The SMILES string of the molecule is CN(C)C(C)(C)CNCC1CNNC1c1ccc(F)cc1. The Kier molecular flexibility index (Phi) is 5.32. The lowest BCUT2D eigenvalue weighted by atomic mass is 9.94. The Bertz CT molecular complexity index is 444. The number of benzene rings is 1. The van der Waals surface area contributed by atoms with Gasteiger partial charge < -0.3 is 10.2 Å². The maximum absolute atomic E-state index is 13.0. The molecule has 0 spiro atoms. The van der Waals surface area contributed by atoms with Crippen LogP contribution in [-0.4, -0.2) is 44.2 Å². The fourth-order valence-electron chi connectivity index (χ4n) is 2.47. The van der Waals surface area contributed by atoms with Crippen LogP contribution in [0.5, 0.6) is 0 Å². The number of halogens is 1. The van der Waals surface area contributed by atoms with Crippen molar-refractivity contribution in [2.75, 3.05) is 33.7 Å². The average Bonchev–Trinajstić information content (AvgIpc) is 2.87. The standard InChI is InChI=1S/C16H27FN4/c1-16(2,21(3)4)11-18-9-13-10-19-20-15(13)12-5-7-14(17)8-6-12/h5-8,13,15,18-20H,9-11H2,1-4H3. The first-order chi connectivity index (χ1) is 9.90. The van der Waals surface area contributed by atoms with E-state index in [2.05, 4.69) is 49.0 Å². The van der Waals surface area contributed by atoms with Gasteiger partial charge in [0, 0.05) is 31.1 Å². The number of hydrogen-bond acceptors (Lipinski definition) is 4. The van der Waals surface area contributed by atoms with Crippen molar-refractivity contribution in [3.05, 3.63) is 35.6 Å². The van der Waals surface area contributed by atoms with Gasteiger partial charge in [-0.15, -0.1) is 0 Å². The minimum atomic E-state index is -0.188. The topological polar surface area (TPSA) is 39.3 Å². The minimum Gasteiger partial charge on any atom is -0.315 e. The van der Waals surface area contributed by atoms with Crippen molar-refractivity contribution in [1.29, 1.82) is 0 Å². The summed E-state index contributed by atoms with van der Waals surface area (Å²) in [5, 5.41) is 3.56. The molecule has 1 aromatic rings. The largest absolute Gasteiger partial charge is 0.315 e. The lowest BCUT2D eigenvalue weighted by Gasteiger charge is -2.33. The molecular formula is C16H27FN4. The molecule has 2 rings (SSSR count). The Morgan fingerprint density at radius 1 is 1.29 bits per heavy atom. The van der Waals surface area contributed by atoms with Gasteiger partial charge in [-0.05, 0) is 45.6 Å². The van der Waals surface area contributed by atoms with E-state index in [0.717, 1.165) is 25.2 Å². The summed E-state index contributed by atoms with van der Waals surface area (Å²) in [4.78, 5) is 2.22. The van der Waals surface area contributed by atoms with Gasteiger partial charge in [-0.1, -0.05) is 12.1 Å². The van der Waals surface area contributed by atoms with Crippen LogP contribution in [0.4, 0.5) is 4.39 Å². The number of hydrazine groups is 1. The van der Waals surface area contributed by atoms with Gasteiger partial charge in [0.05, 0.1) is 6.04 Å². The molecule has 118 valence electrons. The van der Waals surface area contributed by atoms with Crippen molar-refractivity contribution < 1.29 is 4.39 Å². The Morgan fingerprint density at radius 3 is 2.57 bits per heavy atom. The minimum absolute atomic E-state index is 0.130. The third-order valence-electron chi connectivity index (χ3n) is 4.50. The Balaban J connectivity index is 1.89. The highest BCUT2D eigenvalue weighted by Crippen LogP contribution is 2.24. The fraction of sp³-hybridized carbons (Fsp3) is 0.625. The van der Waals surface area contributed by atoms with Crippen LogP contribution in [0.3, 0.4) is 0 Å². The van der Waals surface area contributed by atoms with Crippen LogP contribution >= 0.6 is 0 Å². The van der Waals surface area contributed by atoms with Crippen molar-refractivity contribution in [2.24, 2.45) is 5.92 Å². The van der Waals surface area contributed by atoms with Crippen LogP contribution in [-0.2, 0) is 0 Å². The highest BCUT2D eigenvalue weighted by Gasteiger charge is 2.28. The van der Waals surface area contributed by atoms with E-state index in [1.54, 1.807) is 0 Å². The molecule has 1 fully saturated rings. The molecule has 1 aromatic carbocycles. The first-order valence-corrected chi connectivity index (χ1v) is 7.52. The maximum Gasteiger partial charge on any atom is 0.123 e. The van der Waals surface area contributed by atoms with E-state index in [1.165, 1.54) is 12.1 Å². The Labute approximate surface area is 127 Å². The average molecular weight is 294 g/mol. The van der Waals surface area contributed by atoms with Gasteiger partial charge in [0.25, 0.3) is 0 Å². The molecule has 21 heavy (non-hydrogen) atoms. The molecule has 0 aliphatic carbocycles. The third-order valence-corrected chi connectivity index (χ3v) is 4.50. The van der Waals surface area contributed by atoms with Gasteiger partial charge >= 0.3 is 0 Å². The van der Waals surface area contributed by atoms with Gasteiger partial charge in [0.1, 0.15) is 5.82 Å². The van der Waals surface area contributed by atoms with E-state index in [0.29, 0.717) is 5.92 Å². The number of nitrogens with zero attached hydrogens (tertiary/aromatic N) is 1. The Hall–Kier alpha value is -1.01. The predicted octanol–water partition coefficient (Wildman–Crippen LogP) is 1.52. The molecule has 1 heterocycles. The molecule has 4 nitrogen and oxygen atoms in total. The summed E-state index contributed by atoms with van der Waals surface area (Å²) in [7, 11) is 4.20. The number of likely N-dealkylation sites (N-methyl/N-ethyl adjacent to an activating group) is 1. The van der Waals surface area contributed by atoms with Gasteiger partial charge in [-0.3, -0.25) is 5.43 Å². The number of hydrogen-bond donors (Lipinski definition) is 3. The normalized spacial score (nSPS) is 23.0. The van der Waals surface area contributed by atoms with Gasteiger partial charge in [0.15, 0.2) is 0 Å². The molecule has 1 saturated heterocycles. The summed E-state index contributed by atoms with van der Waals surface area (Å²) in [6.45, 7) is 7.23. The van der Waals surface area contributed by atoms with Gasteiger partial charge in [-0.25, -0.2) is 9.82 Å². The summed E-state index contributed by atoms with van der Waals surface area (Å²) in [5.74, 6) is 0.264. The van der Waals surface area contributed by atoms with E-state index in [4.69, 9.17) is 0 Å². The van der Waals surface area contributed by atoms with Crippen LogP contribution in [0.25, 0.3) is 0 Å². The molecule has 0 radical (unpaired) electrons. The first-order valence-electron chi connectivity index (χ1n) is 7.52. The molecule has 2 unspecified atom stereocenters. The smallest absolute Gasteiger partial charge is 0.123 e. The molecule has 5 heteroatoms. The van der Waals surface area contributed by atoms with E-state index < -0.39 is 0 Å². The summed E-state index contributed by atoms with van der Waals surface area (Å²) in [6, 6.07) is 6.98. The van der Waals surface area contributed by atoms with E-state index >= 15 is 0 Å². The lowest BCUT2D eigenvalue weighted by Crippen LogP contribution is -2.47. The summed E-state index contributed by atoms with van der Waals surface area (Å²) in [5.41, 5.74) is 7.76. The van der Waals surface area contributed by atoms with Crippen molar-refractivity contribution in [3.63, 3.8) is 0 Å². The first kappa shape index (κ1) is 16.4. The lowest BCUT2D eigenvalue weighted by molar-refractivity contribution is 0.187. The van der Waals surface area contributed by atoms with E-state index in [1.807, 2.05) is 12.1 Å². The number of nitrogens with one attached hydrogen (secondary N) is 3. The molecule has 0 aromatic heterocycles. The molecule has 1 aliphatic heterocycles. The second-order valence-corrected chi connectivity index (χ2v) is 6.65. The second kappa shape index (κ2) is 6.83. The highest BCUT2D eigenvalue weighted by molar-refractivity contribution is 5.21. The third kappa shape index (κ3) is 4.23. The summed E-state index contributed by atoms with van der Waals surface area (Å²) >= 11 is 0. The molecule has 0 saturated carbocycles. The van der Waals surface area contributed by atoms with Crippen molar-refractivity contribution >= 4 is 0 Å². The quantitative estimate of drug-likeness (QED) is 0.744. The van der Waals surface area contributed by atoms with Crippen LogP contribution in [0.1, 0.15) is 25.5 Å². The van der Waals surface area contributed by atoms with Crippen LogP contribution in [0, 0.1) is 11.7 Å². The molecule has 2 atom stereocenters. The van der Waals surface area contributed by atoms with E-state index in [9.17, 15) is 4.39 Å². The maximum atomic E-state index is 13.0. The van der Waals surface area contributed by atoms with Crippen molar-refractivity contribution in [2.45, 2.75) is 25.4 Å². The molecule has 0 amide bonds. The zero-order valence-corrected chi connectivity index (χ0v) is 13.4. The highest BCUT2D eigenvalue weighted by atomic mass is 19.1. The second-order valence-electron chi connectivity index (χ2n) is 6.65. The predicted molar refractivity (Wildman–Crippen MR) is 84.4 cm³/mol. The van der Waals surface area contributed by atoms with Gasteiger partial charge in [0.2, 0.25) is 0 Å². The molecular weight excluding hydrogens is 267 g/mol. The zero-order valence-electron chi connectivity index (χ0n) is 13.4. The molecule has 0 bridgehead atoms.